The van der Waals surface area contributed by atoms with Crippen LogP contribution in [-0.4, -0.2) is 30.6 Å². The van der Waals surface area contributed by atoms with Gasteiger partial charge in [0.25, 0.3) is 0 Å². The van der Waals surface area contributed by atoms with E-state index >= 15 is 0 Å². The molecule has 0 aromatic rings. The zero-order valence-electron chi connectivity index (χ0n) is 11.1. The summed E-state index contributed by atoms with van der Waals surface area (Å²) < 4.78 is 0. The van der Waals surface area contributed by atoms with Crippen molar-refractivity contribution in [3.05, 3.63) is 12.3 Å². The largest absolute Gasteiger partial charge is 0.378 e. The Morgan fingerprint density at radius 1 is 1.27 bits per heavy atom. The lowest BCUT2D eigenvalue weighted by Gasteiger charge is -2.29. The average Bonchev–Trinajstić information content (AvgIpc) is 2.81. The molecule has 90 valence electrons. The van der Waals surface area contributed by atoms with E-state index in [4.69, 9.17) is 0 Å². The topological polar surface area (TPSA) is 15.3 Å². The highest BCUT2D eigenvalue weighted by atomic mass is 15.1. The molecule has 2 aliphatic heterocycles. The highest BCUT2D eigenvalue weighted by molar-refractivity contribution is 5.05. The maximum Gasteiger partial charge on any atom is 0.0312 e. The summed E-state index contributed by atoms with van der Waals surface area (Å²) in [7, 11) is 0. The fourth-order valence-electron chi connectivity index (χ4n) is 2.02. The van der Waals surface area contributed by atoms with Crippen LogP contribution in [0.1, 0.15) is 41.0 Å². The number of hydrogen-bond donors (Lipinski definition) is 1. The van der Waals surface area contributed by atoms with Crippen LogP contribution in [0.3, 0.4) is 0 Å². The van der Waals surface area contributed by atoms with Crippen LogP contribution < -0.4 is 5.32 Å². The quantitative estimate of drug-likeness (QED) is 0.719. The molecule has 0 aromatic carbocycles. The molecule has 0 saturated carbocycles. The first-order valence-corrected chi connectivity index (χ1v) is 6.56. The number of nitrogens with one attached hydrogen (secondary N) is 1. The molecular weight excluding hydrogens is 184 g/mol. The summed E-state index contributed by atoms with van der Waals surface area (Å²) in [4.78, 5) is 2.40. The van der Waals surface area contributed by atoms with E-state index in [0.717, 1.165) is 12.5 Å². The molecule has 2 heterocycles. The molecule has 0 aliphatic carbocycles. The van der Waals surface area contributed by atoms with Crippen molar-refractivity contribution in [3.63, 3.8) is 0 Å². The van der Waals surface area contributed by atoms with Gasteiger partial charge in [-0.15, -0.1) is 0 Å². The zero-order valence-corrected chi connectivity index (χ0v) is 11.1. The third-order valence-corrected chi connectivity index (χ3v) is 2.78. The summed E-state index contributed by atoms with van der Waals surface area (Å²) in [6.45, 7) is 13.8. The molecule has 2 rings (SSSR count). The maximum atomic E-state index is 3.49. The molecule has 2 heteroatoms. The van der Waals surface area contributed by atoms with E-state index in [9.17, 15) is 0 Å². The summed E-state index contributed by atoms with van der Waals surface area (Å²) >= 11 is 0. The van der Waals surface area contributed by atoms with Crippen LogP contribution in [0.5, 0.6) is 0 Å². The van der Waals surface area contributed by atoms with Crippen molar-refractivity contribution in [3.8, 4) is 0 Å². The van der Waals surface area contributed by atoms with Crippen LogP contribution in [0, 0.1) is 5.92 Å². The molecule has 0 amide bonds. The average molecular weight is 212 g/mol. The van der Waals surface area contributed by atoms with Crippen LogP contribution >= 0.6 is 0 Å². The highest BCUT2D eigenvalue weighted by Crippen LogP contribution is 2.21. The predicted octanol–water partition coefficient (Wildman–Crippen LogP) is 2.87. The lowest BCUT2D eigenvalue weighted by atomic mass is 9.97. The van der Waals surface area contributed by atoms with Crippen molar-refractivity contribution in [1.29, 1.82) is 0 Å². The lowest BCUT2D eigenvalue weighted by molar-refractivity contribution is 0.292. The van der Waals surface area contributed by atoms with E-state index < -0.39 is 0 Å². The van der Waals surface area contributed by atoms with E-state index in [1.165, 1.54) is 19.5 Å². The molecule has 2 atom stereocenters. The second kappa shape index (κ2) is 8.78. The van der Waals surface area contributed by atoms with E-state index in [0.29, 0.717) is 6.04 Å². The molecule has 0 bridgehead atoms. The molecule has 1 N–H and O–H groups in total. The molecule has 0 aromatic heterocycles. The molecule has 2 nitrogen and oxygen atoms in total. The van der Waals surface area contributed by atoms with Crippen molar-refractivity contribution in [1.82, 2.24) is 10.2 Å². The van der Waals surface area contributed by atoms with E-state index in [2.05, 4.69) is 29.4 Å². The van der Waals surface area contributed by atoms with Gasteiger partial charge >= 0.3 is 0 Å². The van der Waals surface area contributed by atoms with Crippen molar-refractivity contribution >= 4 is 0 Å². The summed E-state index contributed by atoms with van der Waals surface area (Å²) in [5.41, 5.74) is 0. The summed E-state index contributed by atoms with van der Waals surface area (Å²) in [5, 5.41) is 3.49. The Hall–Kier alpha value is -0.500. The Morgan fingerprint density at radius 3 is 2.53 bits per heavy atom. The van der Waals surface area contributed by atoms with E-state index in [-0.39, 0.29) is 0 Å². The smallest absolute Gasteiger partial charge is 0.0312 e. The minimum atomic E-state index is 0.679. The van der Waals surface area contributed by atoms with Gasteiger partial charge in [-0.25, -0.2) is 0 Å². The minimum Gasteiger partial charge on any atom is -0.378 e. The fourth-order valence-corrected chi connectivity index (χ4v) is 2.02. The van der Waals surface area contributed by atoms with Crippen LogP contribution in [0.15, 0.2) is 12.3 Å². The standard InChI is InChI=1S/C9H16N2.2C2H6/c1-2-11-6-4-9-8(7-11)3-5-10-9;2*1-2/h4,6,8-10H,2-3,5,7H2,1H3;2*1-2H3. The van der Waals surface area contributed by atoms with Crippen LogP contribution in [0.25, 0.3) is 0 Å². The molecule has 2 aliphatic rings. The molecule has 1 saturated heterocycles. The van der Waals surface area contributed by atoms with Crippen molar-refractivity contribution < 1.29 is 0 Å². The van der Waals surface area contributed by atoms with E-state index in [1.807, 2.05) is 27.7 Å². The summed E-state index contributed by atoms with van der Waals surface area (Å²) in [6.07, 6.45) is 5.90. The van der Waals surface area contributed by atoms with Crippen LogP contribution in [0.2, 0.25) is 0 Å². The van der Waals surface area contributed by atoms with Gasteiger partial charge in [0, 0.05) is 19.1 Å². The Labute approximate surface area is 95.7 Å². The molecule has 0 radical (unpaired) electrons. The summed E-state index contributed by atoms with van der Waals surface area (Å²) in [6, 6.07) is 0.679. The Bertz CT molecular complexity index is 166. The highest BCUT2D eigenvalue weighted by Gasteiger charge is 2.28. The molecular formula is C13H28N2. The third kappa shape index (κ3) is 4.25. The predicted molar refractivity (Wildman–Crippen MR) is 69.0 cm³/mol. The number of fused-ring (bicyclic) bond motifs is 1. The van der Waals surface area contributed by atoms with E-state index in [1.54, 1.807) is 0 Å². The van der Waals surface area contributed by atoms with Crippen molar-refractivity contribution in [2.24, 2.45) is 5.92 Å². The first kappa shape index (κ1) is 14.5. The van der Waals surface area contributed by atoms with Gasteiger partial charge in [-0.05, 0) is 32.0 Å². The Morgan fingerprint density at radius 2 is 1.93 bits per heavy atom. The lowest BCUT2D eigenvalue weighted by Crippen LogP contribution is -2.36. The number of nitrogens with zero attached hydrogens (tertiary/aromatic N) is 1. The third-order valence-electron chi connectivity index (χ3n) is 2.78. The van der Waals surface area contributed by atoms with Gasteiger partial charge in [-0.3, -0.25) is 0 Å². The monoisotopic (exact) mass is 212 g/mol. The molecule has 15 heavy (non-hydrogen) atoms. The van der Waals surface area contributed by atoms with Crippen molar-refractivity contribution in [2.45, 2.75) is 47.1 Å². The second-order valence-corrected chi connectivity index (χ2v) is 3.46. The van der Waals surface area contributed by atoms with Gasteiger partial charge in [-0.1, -0.05) is 33.8 Å². The SMILES string of the molecule is CC.CC.CCN1C=CC2NCCC2C1. The first-order chi connectivity index (χ1) is 7.40. The summed E-state index contributed by atoms with van der Waals surface area (Å²) in [5.74, 6) is 0.875. The van der Waals surface area contributed by atoms with Gasteiger partial charge in [-0.2, -0.15) is 0 Å². The second-order valence-electron chi connectivity index (χ2n) is 3.46. The Balaban J connectivity index is 0.000000442. The maximum absolute atomic E-state index is 3.49. The minimum absolute atomic E-state index is 0.679. The van der Waals surface area contributed by atoms with Gasteiger partial charge in [0.1, 0.15) is 0 Å². The van der Waals surface area contributed by atoms with Gasteiger partial charge in [0.15, 0.2) is 0 Å². The molecule has 0 spiro atoms. The van der Waals surface area contributed by atoms with Crippen molar-refractivity contribution in [2.75, 3.05) is 19.6 Å². The van der Waals surface area contributed by atoms with Gasteiger partial charge < -0.3 is 10.2 Å². The molecule has 1 fully saturated rings. The normalized spacial score (nSPS) is 27.1. The Kier molecular flexibility index (Phi) is 8.49. The molecule has 2 unspecified atom stereocenters. The first-order valence-electron chi connectivity index (χ1n) is 6.56. The number of hydrogen-bond acceptors (Lipinski definition) is 2. The van der Waals surface area contributed by atoms with Crippen LogP contribution in [-0.2, 0) is 0 Å². The number of rotatable bonds is 1. The van der Waals surface area contributed by atoms with Crippen LogP contribution in [0.4, 0.5) is 0 Å². The zero-order chi connectivity index (χ0) is 11.7. The fraction of sp³-hybridized carbons (Fsp3) is 0.846. The van der Waals surface area contributed by atoms with Gasteiger partial charge in [0.2, 0.25) is 0 Å². The van der Waals surface area contributed by atoms with Gasteiger partial charge in [0.05, 0.1) is 0 Å².